The number of amidine groups is 1. The largest absolute Gasteiger partial charge is 0.368 e. The van der Waals surface area contributed by atoms with E-state index in [0.29, 0.717) is 6.42 Å². The Balaban J connectivity index is 1.90. The number of aliphatic imine (C=N–C) groups is 1. The lowest BCUT2D eigenvalue weighted by Gasteiger charge is -2.39. The minimum absolute atomic E-state index is 0.0963. The molecule has 0 radical (unpaired) electrons. The zero-order valence-electron chi connectivity index (χ0n) is 12.3. The molecule has 1 spiro atoms. The number of hydrogen-bond acceptors (Lipinski definition) is 7. The van der Waals surface area contributed by atoms with Crippen LogP contribution in [0, 0.1) is 0 Å². The summed E-state index contributed by atoms with van der Waals surface area (Å²) in [6, 6.07) is 0.248. The van der Waals surface area contributed by atoms with Crippen LogP contribution in [0.1, 0.15) is 32.6 Å². The Morgan fingerprint density at radius 1 is 1.36 bits per heavy atom. The van der Waals surface area contributed by atoms with Gasteiger partial charge in [-0.1, -0.05) is 6.92 Å². The number of hydrogen-bond donors (Lipinski definition) is 2. The van der Waals surface area contributed by atoms with Crippen LogP contribution < -0.4 is 11.1 Å². The van der Waals surface area contributed by atoms with Crippen molar-refractivity contribution in [2.45, 2.75) is 38.6 Å². The number of nitrogens with two attached hydrogens (primary N) is 1. The highest BCUT2D eigenvalue weighted by Gasteiger charge is 2.46. The first-order chi connectivity index (χ1) is 10.5. The molecule has 3 rings (SSSR count). The third-order valence-corrected chi connectivity index (χ3v) is 6.26. The van der Waals surface area contributed by atoms with Gasteiger partial charge >= 0.3 is 11.9 Å². The van der Waals surface area contributed by atoms with E-state index in [1.54, 1.807) is 0 Å². The van der Waals surface area contributed by atoms with Crippen molar-refractivity contribution in [1.29, 1.82) is 0 Å². The monoisotopic (exact) mass is 325 g/mol. The van der Waals surface area contributed by atoms with Gasteiger partial charge in [0.2, 0.25) is 5.17 Å². The van der Waals surface area contributed by atoms with Gasteiger partial charge in [0.05, 0.1) is 10.6 Å². The van der Waals surface area contributed by atoms with Crippen LogP contribution in [0.4, 0.5) is 0 Å². The molecule has 0 amide bonds. The van der Waals surface area contributed by atoms with Gasteiger partial charge in [0.15, 0.2) is 0 Å². The second-order valence-corrected chi connectivity index (χ2v) is 7.61. The Hall–Kier alpha value is -1.80. The highest BCUT2D eigenvalue weighted by molar-refractivity contribution is 8.41. The first-order valence-electron chi connectivity index (χ1n) is 7.33. The molecule has 0 aromatic carbocycles. The molecule has 0 aromatic rings. The number of carbonyl (C=O) groups excluding carboxylic acids is 2. The minimum atomic E-state index is -2.73. The third-order valence-electron chi connectivity index (χ3n) is 3.77. The summed E-state index contributed by atoms with van der Waals surface area (Å²) in [7, 11) is -2.73. The van der Waals surface area contributed by atoms with E-state index in [1.807, 2.05) is 0 Å². The molecule has 3 aliphatic rings. The number of carbonyl (C=O) groups is 2. The van der Waals surface area contributed by atoms with Crippen LogP contribution in [-0.4, -0.2) is 29.7 Å². The molecule has 3 N–H and O–H groups in total. The molecule has 22 heavy (non-hydrogen) atoms. The molecule has 0 bridgehead atoms. The zero-order valence-corrected chi connectivity index (χ0v) is 13.1. The SMILES string of the molecule is CCCNC1CCC2=C(C1)S1(OC(=O)C=CC(=O)O1)C(N)=N2. The Labute approximate surface area is 130 Å². The summed E-state index contributed by atoms with van der Waals surface area (Å²) in [5.41, 5.74) is 6.78. The maximum atomic E-state index is 11.8. The van der Waals surface area contributed by atoms with Gasteiger partial charge in [-0.15, -0.1) is 0 Å². The van der Waals surface area contributed by atoms with Crippen molar-refractivity contribution < 1.29 is 18.0 Å². The number of allylic oxidation sites excluding steroid dienone is 1. The van der Waals surface area contributed by atoms with Crippen LogP contribution >= 0.6 is 10.6 Å². The van der Waals surface area contributed by atoms with Gasteiger partial charge in [-0.25, -0.2) is 14.6 Å². The molecule has 7 nitrogen and oxygen atoms in total. The summed E-state index contributed by atoms with van der Waals surface area (Å²) >= 11 is 0. The fraction of sp³-hybridized carbons (Fsp3) is 0.500. The van der Waals surface area contributed by atoms with E-state index in [2.05, 4.69) is 17.2 Å². The summed E-state index contributed by atoms with van der Waals surface area (Å²) in [5.74, 6) is -1.26. The first kappa shape index (κ1) is 15.1. The van der Waals surface area contributed by atoms with Crippen LogP contribution in [0.25, 0.3) is 0 Å². The molecule has 0 aromatic heterocycles. The van der Waals surface area contributed by atoms with Crippen molar-refractivity contribution >= 4 is 27.7 Å². The lowest BCUT2D eigenvalue weighted by Crippen LogP contribution is -2.34. The molecule has 0 saturated carbocycles. The molecule has 0 saturated heterocycles. The van der Waals surface area contributed by atoms with Gasteiger partial charge in [-0.3, -0.25) is 0 Å². The number of nitrogens with one attached hydrogen (secondary N) is 1. The maximum absolute atomic E-state index is 11.8. The summed E-state index contributed by atoms with van der Waals surface area (Å²) < 4.78 is 10.9. The minimum Gasteiger partial charge on any atom is -0.368 e. The fourth-order valence-corrected chi connectivity index (χ4v) is 5.09. The second-order valence-electron chi connectivity index (χ2n) is 5.36. The summed E-state index contributed by atoms with van der Waals surface area (Å²) in [4.78, 5) is 28.7. The van der Waals surface area contributed by atoms with Crippen molar-refractivity contribution in [3.63, 3.8) is 0 Å². The van der Waals surface area contributed by atoms with E-state index in [0.717, 1.165) is 48.6 Å². The Kier molecular flexibility index (Phi) is 3.96. The number of nitrogens with zero attached hydrogens (tertiary/aromatic N) is 1. The van der Waals surface area contributed by atoms with Crippen molar-refractivity contribution in [3.05, 3.63) is 22.8 Å². The predicted molar refractivity (Wildman–Crippen MR) is 83.5 cm³/mol. The molecular weight excluding hydrogens is 306 g/mol. The summed E-state index contributed by atoms with van der Waals surface area (Å²) in [6.45, 7) is 3.01. The summed E-state index contributed by atoms with van der Waals surface area (Å²) in [5, 5.41) is 3.55. The third kappa shape index (κ3) is 2.52. The van der Waals surface area contributed by atoms with Crippen LogP contribution in [-0.2, 0) is 18.0 Å². The van der Waals surface area contributed by atoms with Crippen LogP contribution in [0.5, 0.6) is 0 Å². The predicted octanol–water partition coefficient (Wildman–Crippen LogP) is 1.37. The van der Waals surface area contributed by atoms with Crippen molar-refractivity contribution in [3.8, 4) is 0 Å². The van der Waals surface area contributed by atoms with Gasteiger partial charge in [-0.05, 0) is 36.4 Å². The quantitative estimate of drug-likeness (QED) is 0.812. The van der Waals surface area contributed by atoms with Gasteiger partial charge in [-0.2, -0.15) is 0 Å². The topological polar surface area (TPSA) is 103 Å². The van der Waals surface area contributed by atoms with Gasteiger partial charge < -0.3 is 19.4 Å². The van der Waals surface area contributed by atoms with Crippen LogP contribution in [0.15, 0.2) is 27.7 Å². The van der Waals surface area contributed by atoms with Gasteiger partial charge in [0.25, 0.3) is 0 Å². The normalized spacial score (nSPS) is 27.9. The zero-order chi connectivity index (χ0) is 15.7. The standard InChI is InChI=1S/C14H19N3O4S/c1-2-7-16-9-3-4-10-11(8-9)22(14(15)17-10)20-12(18)5-6-13(19)21-22/h5-6,9,16H,2-4,7-8H2,1H3,(H2,15,17). The van der Waals surface area contributed by atoms with Crippen molar-refractivity contribution in [1.82, 2.24) is 5.32 Å². The Morgan fingerprint density at radius 3 is 2.68 bits per heavy atom. The van der Waals surface area contributed by atoms with Crippen LogP contribution in [0.2, 0.25) is 0 Å². The number of rotatable bonds is 3. The van der Waals surface area contributed by atoms with Gasteiger partial charge in [0, 0.05) is 24.6 Å². The second kappa shape index (κ2) is 5.77. The highest BCUT2D eigenvalue weighted by Crippen LogP contribution is 2.65. The maximum Gasteiger partial charge on any atom is 0.354 e. The lowest BCUT2D eigenvalue weighted by molar-refractivity contribution is -0.129. The summed E-state index contributed by atoms with van der Waals surface area (Å²) in [6.07, 6.45) is 5.44. The average molecular weight is 325 g/mol. The van der Waals surface area contributed by atoms with Gasteiger partial charge in [0.1, 0.15) is 0 Å². The number of fused-ring (bicyclic) bond motifs is 1. The molecular formula is C14H19N3O4S. The lowest BCUT2D eigenvalue weighted by atomic mass is 9.99. The van der Waals surface area contributed by atoms with E-state index in [1.165, 1.54) is 0 Å². The highest BCUT2D eigenvalue weighted by atomic mass is 32.3. The Bertz CT molecular complexity index is 591. The van der Waals surface area contributed by atoms with E-state index >= 15 is 0 Å². The van der Waals surface area contributed by atoms with E-state index < -0.39 is 22.5 Å². The molecule has 2 heterocycles. The molecule has 0 fully saturated rings. The first-order valence-corrected chi connectivity index (χ1v) is 8.81. The average Bonchev–Trinajstić information content (AvgIpc) is 2.64. The molecule has 8 heteroatoms. The van der Waals surface area contributed by atoms with E-state index in [-0.39, 0.29) is 11.2 Å². The van der Waals surface area contributed by atoms with Crippen molar-refractivity contribution in [2.24, 2.45) is 10.7 Å². The fourth-order valence-electron chi connectivity index (χ4n) is 2.75. The molecule has 1 aliphatic carbocycles. The molecule has 120 valence electrons. The van der Waals surface area contributed by atoms with E-state index in [4.69, 9.17) is 14.1 Å². The molecule has 1 unspecified atom stereocenters. The smallest absolute Gasteiger partial charge is 0.354 e. The van der Waals surface area contributed by atoms with Crippen LogP contribution in [0.3, 0.4) is 0 Å². The van der Waals surface area contributed by atoms with E-state index in [9.17, 15) is 9.59 Å². The molecule has 2 aliphatic heterocycles. The van der Waals surface area contributed by atoms with Crippen molar-refractivity contribution in [2.75, 3.05) is 6.54 Å². The Morgan fingerprint density at radius 2 is 2.05 bits per heavy atom. The molecule has 1 atom stereocenters.